The van der Waals surface area contributed by atoms with Crippen LogP contribution >= 0.6 is 11.8 Å². The van der Waals surface area contributed by atoms with Gasteiger partial charge in [-0.2, -0.15) is 11.8 Å². The average Bonchev–Trinajstić information content (AvgIpc) is 2.68. The second kappa shape index (κ2) is 12.7. The summed E-state index contributed by atoms with van der Waals surface area (Å²) in [5.74, 6) is -3.75. The van der Waals surface area contributed by atoms with Gasteiger partial charge in [-0.15, -0.1) is 0 Å². The molecule has 14 heteroatoms. The van der Waals surface area contributed by atoms with Crippen LogP contribution in [0.4, 0.5) is 0 Å². The zero-order chi connectivity index (χ0) is 22.8. The Kier molecular flexibility index (Phi) is 11.0. The Labute approximate surface area is 176 Å². The van der Waals surface area contributed by atoms with Crippen molar-refractivity contribution in [2.45, 2.75) is 43.1 Å². The molecule has 0 aromatic rings. The van der Waals surface area contributed by atoms with E-state index in [9.17, 15) is 29.4 Å². The molecule has 1 saturated heterocycles. The predicted molar refractivity (Wildman–Crippen MR) is 103 cm³/mol. The Balaban J connectivity index is 2.47. The summed E-state index contributed by atoms with van der Waals surface area (Å²) in [6.07, 6.45) is -4.46. The molecular formula is C16H27N3O10S. The van der Waals surface area contributed by atoms with Gasteiger partial charge in [-0.25, -0.2) is 9.59 Å². The van der Waals surface area contributed by atoms with E-state index in [4.69, 9.17) is 19.7 Å². The van der Waals surface area contributed by atoms with Gasteiger partial charge in [0.05, 0.1) is 6.10 Å². The van der Waals surface area contributed by atoms with E-state index >= 15 is 0 Å². The fourth-order valence-electron chi connectivity index (χ4n) is 2.52. The van der Waals surface area contributed by atoms with E-state index in [-0.39, 0.29) is 18.7 Å². The number of carbonyl (C=O) groups excluding carboxylic acids is 2. The number of nitrogens with one attached hydrogen (secondary N) is 3. The Morgan fingerprint density at radius 2 is 1.87 bits per heavy atom. The molecule has 1 fully saturated rings. The van der Waals surface area contributed by atoms with Gasteiger partial charge in [-0.3, -0.25) is 9.59 Å². The number of aliphatic hydroxyl groups is 2. The second-order valence-electron chi connectivity index (χ2n) is 6.43. The highest BCUT2D eigenvalue weighted by atomic mass is 32.2. The van der Waals surface area contributed by atoms with Crippen LogP contribution in [0.25, 0.3) is 0 Å². The SMILES string of the molecule is CN[C@@H](CNC(=O)COC1C[C@@H](O)C(O)C(C(=O)O)O1)C(=O)N[C@H](CSC)C(=O)O. The summed E-state index contributed by atoms with van der Waals surface area (Å²) in [5, 5.41) is 44.8. The molecule has 2 amide bonds. The molecule has 30 heavy (non-hydrogen) atoms. The molecule has 7 N–H and O–H groups in total. The first-order valence-electron chi connectivity index (χ1n) is 8.92. The Morgan fingerprint density at radius 3 is 2.40 bits per heavy atom. The average molecular weight is 453 g/mol. The number of rotatable bonds is 12. The summed E-state index contributed by atoms with van der Waals surface area (Å²) in [7, 11) is 1.46. The van der Waals surface area contributed by atoms with E-state index in [1.165, 1.54) is 18.8 Å². The van der Waals surface area contributed by atoms with E-state index in [2.05, 4.69) is 16.0 Å². The lowest BCUT2D eigenvalue weighted by atomic mass is 10.0. The van der Waals surface area contributed by atoms with E-state index in [1.807, 2.05) is 0 Å². The summed E-state index contributed by atoms with van der Waals surface area (Å²) in [5.41, 5.74) is 0. The van der Waals surface area contributed by atoms with Crippen LogP contribution in [0.3, 0.4) is 0 Å². The van der Waals surface area contributed by atoms with Crippen LogP contribution < -0.4 is 16.0 Å². The van der Waals surface area contributed by atoms with E-state index < -0.39 is 67.0 Å². The molecule has 0 aliphatic carbocycles. The molecule has 172 valence electrons. The minimum absolute atomic E-state index is 0.166. The van der Waals surface area contributed by atoms with Crippen molar-refractivity contribution in [3.63, 3.8) is 0 Å². The van der Waals surface area contributed by atoms with Crippen LogP contribution in [0.1, 0.15) is 6.42 Å². The van der Waals surface area contributed by atoms with Gasteiger partial charge in [0.1, 0.15) is 24.8 Å². The minimum Gasteiger partial charge on any atom is -0.480 e. The summed E-state index contributed by atoms with van der Waals surface area (Å²) in [4.78, 5) is 46.3. The lowest BCUT2D eigenvalue weighted by molar-refractivity contribution is -0.250. The Hall–Kier alpha value is -1.97. The predicted octanol–water partition coefficient (Wildman–Crippen LogP) is -3.44. The Bertz CT molecular complexity index is 622. The first-order valence-corrected chi connectivity index (χ1v) is 10.3. The van der Waals surface area contributed by atoms with Gasteiger partial charge < -0.3 is 45.9 Å². The van der Waals surface area contributed by atoms with Crippen LogP contribution in [0.2, 0.25) is 0 Å². The molecule has 0 spiro atoms. The molecule has 3 unspecified atom stereocenters. The second-order valence-corrected chi connectivity index (χ2v) is 7.34. The topological polar surface area (TPSA) is 204 Å². The molecular weight excluding hydrogens is 426 g/mol. The maximum atomic E-state index is 12.2. The van der Waals surface area contributed by atoms with Crippen molar-refractivity contribution in [1.82, 2.24) is 16.0 Å². The maximum Gasteiger partial charge on any atom is 0.335 e. The van der Waals surface area contributed by atoms with Crippen molar-refractivity contribution in [2.24, 2.45) is 0 Å². The normalized spacial score (nSPS) is 25.7. The van der Waals surface area contributed by atoms with Crippen molar-refractivity contribution < 1.29 is 49.1 Å². The highest BCUT2D eigenvalue weighted by Gasteiger charge is 2.41. The van der Waals surface area contributed by atoms with Crippen LogP contribution in [-0.4, -0.2) is 113 Å². The molecule has 0 aromatic heterocycles. The number of likely N-dealkylation sites (N-methyl/N-ethyl adjacent to an activating group) is 1. The number of aliphatic carboxylic acids is 2. The molecule has 13 nitrogen and oxygen atoms in total. The summed E-state index contributed by atoms with van der Waals surface area (Å²) < 4.78 is 10.1. The summed E-state index contributed by atoms with van der Waals surface area (Å²) in [6.45, 7) is -0.719. The number of aliphatic hydroxyl groups excluding tert-OH is 2. The summed E-state index contributed by atoms with van der Waals surface area (Å²) >= 11 is 1.26. The van der Waals surface area contributed by atoms with Crippen molar-refractivity contribution in [3.8, 4) is 0 Å². The van der Waals surface area contributed by atoms with Crippen molar-refractivity contribution >= 4 is 35.5 Å². The zero-order valence-electron chi connectivity index (χ0n) is 16.4. The third-order valence-corrected chi connectivity index (χ3v) is 4.86. The molecule has 0 aromatic carbocycles. The van der Waals surface area contributed by atoms with Gasteiger partial charge >= 0.3 is 11.9 Å². The number of carbonyl (C=O) groups is 4. The van der Waals surface area contributed by atoms with Crippen molar-refractivity contribution in [1.29, 1.82) is 0 Å². The number of carboxylic acid groups (broad SMARTS) is 2. The fraction of sp³-hybridized carbons (Fsp3) is 0.750. The highest BCUT2D eigenvalue weighted by Crippen LogP contribution is 2.21. The third-order valence-electron chi connectivity index (χ3n) is 4.20. The molecule has 6 atom stereocenters. The van der Waals surface area contributed by atoms with Crippen LogP contribution in [0.5, 0.6) is 0 Å². The molecule has 1 rings (SSSR count). The number of carboxylic acids is 2. The standard InChI is InChI=1S/C16H27N3O10S/c1-17-7(14(23)19-8(6-30-2)15(24)25)4-18-10(21)5-28-11-3-9(20)12(22)13(29-11)16(26)27/h7-9,11-13,17,20,22H,3-6H2,1-2H3,(H,18,21)(H,19,23)(H,24,25)(H,26,27)/t7-,8+,9+,11?,12?,13?/m0/s1. The number of hydrogen-bond donors (Lipinski definition) is 7. The van der Waals surface area contributed by atoms with Gasteiger partial charge in [-0.05, 0) is 13.3 Å². The Morgan fingerprint density at radius 1 is 1.20 bits per heavy atom. The molecule has 1 aliphatic heterocycles. The first-order chi connectivity index (χ1) is 14.1. The maximum absolute atomic E-state index is 12.2. The van der Waals surface area contributed by atoms with Gasteiger partial charge in [0.15, 0.2) is 12.4 Å². The smallest absolute Gasteiger partial charge is 0.335 e. The number of hydrogen-bond acceptors (Lipinski definition) is 10. The first kappa shape index (κ1) is 26.1. The molecule has 0 saturated carbocycles. The van der Waals surface area contributed by atoms with Crippen molar-refractivity contribution in [3.05, 3.63) is 0 Å². The van der Waals surface area contributed by atoms with Crippen LogP contribution in [0.15, 0.2) is 0 Å². The van der Waals surface area contributed by atoms with Gasteiger partial charge in [0.2, 0.25) is 11.8 Å². The fourth-order valence-corrected chi connectivity index (χ4v) is 3.08. The number of thioether (sulfide) groups is 1. The van der Waals surface area contributed by atoms with Gasteiger partial charge in [-0.1, -0.05) is 0 Å². The van der Waals surface area contributed by atoms with E-state index in [0.29, 0.717) is 0 Å². The zero-order valence-corrected chi connectivity index (χ0v) is 17.3. The largest absolute Gasteiger partial charge is 0.480 e. The monoisotopic (exact) mass is 453 g/mol. The number of ether oxygens (including phenoxy) is 2. The number of amides is 2. The van der Waals surface area contributed by atoms with Crippen LogP contribution in [-0.2, 0) is 28.7 Å². The van der Waals surface area contributed by atoms with Crippen LogP contribution in [0, 0.1) is 0 Å². The van der Waals surface area contributed by atoms with Gasteiger partial charge in [0.25, 0.3) is 0 Å². The lowest BCUT2D eigenvalue weighted by Gasteiger charge is -2.34. The highest BCUT2D eigenvalue weighted by molar-refractivity contribution is 7.98. The van der Waals surface area contributed by atoms with E-state index in [1.54, 1.807) is 6.26 Å². The molecule has 1 heterocycles. The quantitative estimate of drug-likeness (QED) is 0.154. The summed E-state index contributed by atoms with van der Waals surface area (Å²) in [6, 6.07) is -1.98. The lowest BCUT2D eigenvalue weighted by Crippen LogP contribution is -2.54. The minimum atomic E-state index is -1.69. The third kappa shape index (κ3) is 8.04. The molecule has 1 aliphatic rings. The van der Waals surface area contributed by atoms with E-state index in [0.717, 1.165) is 0 Å². The molecule has 0 bridgehead atoms. The van der Waals surface area contributed by atoms with Gasteiger partial charge in [0, 0.05) is 18.7 Å². The van der Waals surface area contributed by atoms with Crippen molar-refractivity contribution in [2.75, 3.05) is 32.2 Å². The molecule has 0 radical (unpaired) electrons.